The first-order valence-corrected chi connectivity index (χ1v) is 8.64. The summed E-state index contributed by atoms with van der Waals surface area (Å²) >= 11 is 0. The third kappa shape index (κ3) is 2.98. The molecule has 1 atom stereocenters. The number of fused-ring (bicyclic) bond motifs is 1. The van der Waals surface area contributed by atoms with Crippen LogP contribution >= 0.6 is 0 Å². The van der Waals surface area contributed by atoms with Crippen molar-refractivity contribution in [1.29, 1.82) is 0 Å². The van der Waals surface area contributed by atoms with Crippen molar-refractivity contribution in [3.63, 3.8) is 0 Å². The van der Waals surface area contributed by atoms with Gasteiger partial charge in [0.1, 0.15) is 11.6 Å². The number of imidazole rings is 1. The monoisotopic (exact) mass is 312 g/mol. The van der Waals surface area contributed by atoms with E-state index in [9.17, 15) is 0 Å². The highest BCUT2D eigenvalue weighted by molar-refractivity contribution is 5.23. The number of ether oxygens (including phenoxy) is 1. The molecule has 122 valence electrons. The Kier molecular flexibility index (Phi) is 4.04. The van der Waals surface area contributed by atoms with Crippen LogP contribution in [0.2, 0.25) is 0 Å². The molecule has 1 N–H and O–H groups in total. The van der Waals surface area contributed by atoms with Crippen LogP contribution in [0.3, 0.4) is 0 Å². The van der Waals surface area contributed by atoms with Crippen LogP contribution in [0.25, 0.3) is 0 Å². The van der Waals surface area contributed by atoms with E-state index in [1.807, 2.05) is 18.3 Å². The fraction of sp³-hybridized carbons (Fsp3) is 0.556. The summed E-state index contributed by atoms with van der Waals surface area (Å²) in [6.45, 7) is 1.96. The third-order valence-electron chi connectivity index (χ3n) is 5.04. The number of likely N-dealkylation sites (tertiary alicyclic amines) is 1. The second-order valence-corrected chi connectivity index (χ2v) is 6.57. The normalized spacial score (nSPS) is 21.3. The molecule has 2 aromatic rings. The number of hydrogen-bond donors (Lipinski definition) is 1. The van der Waals surface area contributed by atoms with E-state index in [0.717, 1.165) is 43.2 Å². The van der Waals surface area contributed by atoms with Crippen molar-refractivity contribution >= 4 is 0 Å². The van der Waals surface area contributed by atoms with E-state index in [2.05, 4.69) is 14.9 Å². The van der Waals surface area contributed by atoms with Crippen LogP contribution in [0.15, 0.2) is 18.3 Å². The Balaban J connectivity index is 1.53. The average molecular weight is 312 g/mol. The fourth-order valence-electron chi connectivity index (χ4n) is 3.84. The average Bonchev–Trinajstić information content (AvgIpc) is 3.21. The molecule has 1 fully saturated rings. The number of rotatable bonds is 4. The first-order valence-electron chi connectivity index (χ1n) is 8.64. The lowest BCUT2D eigenvalue weighted by molar-refractivity contribution is 0.237. The summed E-state index contributed by atoms with van der Waals surface area (Å²) in [5.74, 6) is 2.04. The summed E-state index contributed by atoms with van der Waals surface area (Å²) in [7, 11) is 1.70. The zero-order valence-corrected chi connectivity index (χ0v) is 13.7. The number of aryl methyl sites for hydroxylation is 2. The lowest BCUT2D eigenvalue weighted by Crippen LogP contribution is -2.24. The van der Waals surface area contributed by atoms with Crippen molar-refractivity contribution in [3.05, 3.63) is 41.2 Å². The van der Waals surface area contributed by atoms with Crippen LogP contribution in [0.5, 0.6) is 5.75 Å². The molecule has 1 aliphatic carbocycles. The predicted molar refractivity (Wildman–Crippen MR) is 88.4 cm³/mol. The molecule has 0 aromatic carbocycles. The molecule has 1 aliphatic heterocycles. The van der Waals surface area contributed by atoms with Gasteiger partial charge in [0.05, 0.1) is 24.5 Å². The van der Waals surface area contributed by atoms with Gasteiger partial charge < -0.3 is 9.72 Å². The number of nitrogens with one attached hydrogen (secondary N) is 1. The zero-order chi connectivity index (χ0) is 15.6. The van der Waals surface area contributed by atoms with Gasteiger partial charge in [0.2, 0.25) is 0 Å². The molecule has 5 heteroatoms. The summed E-state index contributed by atoms with van der Waals surface area (Å²) in [6, 6.07) is 4.32. The fourth-order valence-corrected chi connectivity index (χ4v) is 3.84. The Bertz CT molecular complexity index is 658. The maximum atomic E-state index is 5.31. The molecule has 0 radical (unpaired) electrons. The van der Waals surface area contributed by atoms with Gasteiger partial charge in [0, 0.05) is 24.5 Å². The molecular weight excluding hydrogens is 288 g/mol. The van der Waals surface area contributed by atoms with Crippen LogP contribution in [0, 0.1) is 0 Å². The maximum absolute atomic E-state index is 5.31. The first kappa shape index (κ1) is 14.7. The van der Waals surface area contributed by atoms with E-state index in [1.54, 1.807) is 7.11 Å². The van der Waals surface area contributed by atoms with Crippen LogP contribution in [-0.4, -0.2) is 33.5 Å². The highest BCUT2D eigenvalue weighted by atomic mass is 16.5. The van der Waals surface area contributed by atoms with Crippen LogP contribution in [-0.2, 0) is 19.4 Å². The molecule has 0 saturated carbocycles. The van der Waals surface area contributed by atoms with E-state index < -0.39 is 0 Å². The molecule has 0 bridgehead atoms. The second kappa shape index (κ2) is 6.32. The Morgan fingerprint density at radius 2 is 2.22 bits per heavy atom. The van der Waals surface area contributed by atoms with Gasteiger partial charge in [-0.1, -0.05) is 0 Å². The SMILES string of the molecule is COc1ccnc(CN2CCCC2c2nc3c([nH]2)CCCC3)c1. The summed E-state index contributed by atoms with van der Waals surface area (Å²) < 4.78 is 5.31. The molecule has 3 heterocycles. The smallest absolute Gasteiger partial charge is 0.124 e. The largest absolute Gasteiger partial charge is 0.497 e. The molecule has 0 amide bonds. The van der Waals surface area contributed by atoms with E-state index in [4.69, 9.17) is 9.72 Å². The maximum Gasteiger partial charge on any atom is 0.124 e. The van der Waals surface area contributed by atoms with Crippen molar-refractivity contribution < 1.29 is 4.74 Å². The minimum atomic E-state index is 0.397. The van der Waals surface area contributed by atoms with E-state index in [1.165, 1.54) is 37.1 Å². The molecule has 2 aromatic heterocycles. The Morgan fingerprint density at radius 3 is 3.09 bits per heavy atom. The quantitative estimate of drug-likeness (QED) is 0.943. The molecule has 2 aliphatic rings. The van der Waals surface area contributed by atoms with Gasteiger partial charge in [0.15, 0.2) is 0 Å². The van der Waals surface area contributed by atoms with E-state index in [-0.39, 0.29) is 0 Å². The number of hydrogen-bond acceptors (Lipinski definition) is 4. The third-order valence-corrected chi connectivity index (χ3v) is 5.04. The minimum absolute atomic E-state index is 0.397. The number of nitrogens with zero attached hydrogens (tertiary/aromatic N) is 3. The molecule has 1 saturated heterocycles. The van der Waals surface area contributed by atoms with Crippen LogP contribution in [0.1, 0.15) is 54.6 Å². The van der Waals surface area contributed by atoms with Gasteiger partial charge in [0.25, 0.3) is 0 Å². The minimum Gasteiger partial charge on any atom is -0.497 e. The number of methoxy groups -OCH3 is 1. The van der Waals surface area contributed by atoms with Gasteiger partial charge in [-0.3, -0.25) is 9.88 Å². The highest BCUT2D eigenvalue weighted by Gasteiger charge is 2.30. The standard InChI is InChI=1S/C18H24N4O/c1-23-14-8-9-19-13(11-14)12-22-10-4-7-17(22)18-20-15-5-2-3-6-16(15)21-18/h8-9,11,17H,2-7,10,12H2,1H3,(H,20,21). The molecule has 23 heavy (non-hydrogen) atoms. The van der Waals surface area contributed by atoms with Crippen molar-refractivity contribution in [1.82, 2.24) is 19.9 Å². The molecule has 4 rings (SSSR count). The number of H-pyrrole nitrogens is 1. The van der Waals surface area contributed by atoms with Crippen LogP contribution < -0.4 is 4.74 Å². The highest BCUT2D eigenvalue weighted by Crippen LogP contribution is 2.33. The van der Waals surface area contributed by atoms with Gasteiger partial charge in [-0.2, -0.15) is 0 Å². The number of aromatic amines is 1. The van der Waals surface area contributed by atoms with Crippen LogP contribution in [0.4, 0.5) is 0 Å². The lowest BCUT2D eigenvalue weighted by atomic mass is 10.0. The second-order valence-electron chi connectivity index (χ2n) is 6.57. The lowest BCUT2D eigenvalue weighted by Gasteiger charge is -2.22. The Labute approximate surface area is 137 Å². The number of aromatic nitrogens is 3. The molecule has 5 nitrogen and oxygen atoms in total. The van der Waals surface area contributed by atoms with Gasteiger partial charge >= 0.3 is 0 Å². The Hall–Kier alpha value is -1.88. The molecular formula is C18H24N4O. The van der Waals surface area contributed by atoms with E-state index in [0.29, 0.717) is 6.04 Å². The van der Waals surface area contributed by atoms with Crippen molar-refractivity contribution in [3.8, 4) is 5.75 Å². The van der Waals surface area contributed by atoms with Gasteiger partial charge in [-0.05, 0) is 51.1 Å². The summed E-state index contributed by atoms with van der Waals surface area (Å²) in [4.78, 5) is 15.5. The first-order chi connectivity index (χ1) is 11.3. The molecule has 0 spiro atoms. The predicted octanol–water partition coefficient (Wildman–Crippen LogP) is 3.03. The topological polar surface area (TPSA) is 54.0 Å². The Morgan fingerprint density at radius 1 is 1.30 bits per heavy atom. The summed E-state index contributed by atoms with van der Waals surface area (Å²) in [6.07, 6.45) is 9.08. The van der Waals surface area contributed by atoms with Gasteiger partial charge in [-0.15, -0.1) is 0 Å². The van der Waals surface area contributed by atoms with Crippen molar-refractivity contribution in [2.75, 3.05) is 13.7 Å². The van der Waals surface area contributed by atoms with Gasteiger partial charge in [-0.25, -0.2) is 4.98 Å². The van der Waals surface area contributed by atoms with Crippen molar-refractivity contribution in [2.24, 2.45) is 0 Å². The number of pyridine rings is 1. The molecule has 1 unspecified atom stereocenters. The van der Waals surface area contributed by atoms with Crippen molar-refractivity contribution in [2.45, 2.75) is 51.1 Å². The van der Waals surface area contributed by atoms with E-state index >= 15 is 0 Å². The summed E-state index contributed by atoms with van der Waals surface area (Å²) in [5.41, 5.74) is 3.74. The zero-order valence-electron chi connectivity index (χ0n) is 13.7. The summed E-state index contributed by atoms with van der Waals surface area (Å²) in [5, 5.41) is 0.